The fourth-order valence-corrected chi connectivity index (χ4v) is 2.70. The molecule has 20 heavy (non-hydrogen) atoms. The van der Waals surface area contributed by atoms with E-state index < -0.39 is 0 Å². The number of carbonyl (C=O) groups is 1. The molecular weight excluding hydrogens is 276 g/mol. The number of hydrogen-bond donors (Lipinski definition) is 2. The molecule has 0 fully saturated rings. The fourth-order valence-electron chi connectivity index (χ4n) is 1.68. The Morgan fingerprint density at radius 1 is 1.60 bits per heavy atom. The lowest BCUT2D eigenvalue weighted by atomic mass is 10.3. The van der Waals surface area contributed by atoms with Gasteiger partial charge in [-0.15, -0.1) is 0 Å². The van der Waals surface area contributed by atoms with Gasteiger partial charge >= 0.3 is 0 Å². The summed E-state index contributed by atoms with van der Waals surface area (Å²) in [4.78, 5) is 18.5. The number of nitrogen functional groups attached to an aromatic ring is 1. The van der Waals surface area contributed by atoms with Gasteiger partial charge in [-0.25, -0.2) is 4.98 Å². The number of anilines is 2. The van der Waals surface area contributed by atoms with Crippen molar-refractivity contribution in [1.82, 2.24) is 9.88 Å². The van der Waals surface area contributed by atoms with Crippen LogP contribution in [0.5, 0.6) is 0 Å². The van der Waals surface area contributed by atoms with E-state index in [2.05, 4.69) is 10.3 Å². The number of rotatable bonds is 5. The molecule has 0 aromatic carbocycles. The molecule has 2 aromatic rings. The lowest BCUT2D eigenvalue weighted by molar-refractivity contribution is 0.0781. The number of thiazole rings is 1. The van der Waals surface area contributed by atoms with Crippen LogP contribution in [0.3, 0.4) is 0 Å². The van der Waals surface area contributed by atoms with Crippen LogP contribution >= 0.6 is 11.3 Å². The Kier molecular flexibility index (Phi) is 4.29. The van der Waals surface area contributed by atoms with Crippen LogP contribution in [0.1, 0.15) is 29.3 Å². The molecule has 6 nitrogen and oxygen atoms in total. The zero-order valence-corrected chi connectivity index (χ0v) is 12.5. The molecule has 2 rings (SSSR count). The van der Waals surface area contributed by atoms with Gasteiger partial charge in [-0.2, -0.15) is 0 Å². The Balaban J connectivity index is 2.10. The zero-order valence-electron chi connectivity index (χ0n) is 11.7. The first kappa shape index (κ1) is 14.4. The van der Waals surface area contributed by atoms with Gasteiger partial charge in [-0.3, -0.25) is 4.79 Å². The van der Waals surface area contributed by atoms with Crippen molar-refractivity contribution >= 4 is 28.2 Å². The second kappa shape index (κ2) is 5.96. The molecular formula is C13H18N4O2S. The number of nitrogens with zero attached hydrogens (tertiary/aromatic N) is 2. The van der Waals surface area contributed by atoms with Gasteiger partial charge in [-0.1, -0.05) is 11.3 Å². The lowest BCUT2D eigenvalue weighted by Gasteiger charge is -2.14. The highest BCUT2D eigenvalue weighted by Gasteiger charge is 2.20. The summed E-state index contributed by atoms with van der Waals surface area (Å²) in [7, 11) is 1.71. The second-order valence-corrected chi connectivity index (χ2v) is 5.77. The molecule has 0 saturated heterocycles. The molecule has 0 atom stereocenters. The molecule has 1 amide bonds. The van der Waals surface area contributed by atoms with Crippen molar-refractivity contribution in [3.05, 3.63) is 29.0 Å². The summed E-state index contributed by atoms with van der Waals surface area (Å²) in [6.07, 6.45) is 1.58. The number of nitrogens with two attached hydrogens (primary N) is 1. The minimum absolute atomic E-state index is 0.159. The molecule has 2 heterocycles. The van der Waals surface area contributed by atoms with E-state index in [1.165, 1.54) is 11.3 Å². The molecule has 0 bridgehead atoms. The molecule has 0 aliphatic rings. The molecule has 2 aromatic heterocycles. The third-order valence-corrected chi connectivity index (χ3v) is 3.57. The van der Waals surface area contributed by atoms with Crippen molar-refractivity contribution in [3.8, 4) is 0 Å². The number of carbonyl (C=O) groups excluding carboxylic acids is 1. The van der Waals surface area contributed by atoms with Crippen molar-refractivity contribution in [1.29, 1.82) is 0 Å². The van der Waals surface area contributed by atoms with Crippen LogP contribution in [-0.2, 0) is 6.54 Å². The van der Waals surface area contributed by atoms with Crippen molar-refractivity contribution in [2.75, 3.05) is 18.1 Å². The third-order valence-electron chi connectivity index (χ3n) is 2.58. The molecule has 0 aliphatic heterocycles. The first-order valence-electron chi connectivity index (χ1n) is 6.28. The van der Waals surface area contributed by atoms with Crippen LogP contribution in [0, 0.1) is 0 Å². The van der Waals surface area contributed by atoms with Gasteiger partial charge in [0, 0.05) is 13.1 Å². The molecule has 7 heteroatoms. The number of furan rings is 1. The molecule has 0 radical (unpaired) electrons. The normalized spacial score (nSPS) is 10.8. The Hall–Kier alpha value is -2.02. The van der Waals surface area contributed by atoms with E-state index >= 15 is 0 Å². The average Bonchev–Trinajstić information content (AvgIpc) is 2.97. The molecule has 0 saturated carbocycles. The summed E-state index contributed by atoms with van der Waals surface area (Å²) in [5, 5.41) is 3.80. The monoisotopic (exact) mass is 294 g/mol. The van der Waals surface area contributed by atoms with E-state index in [-0.39, 0.29) is 17.8 Å². The summed E-state index contributed by atoms with van der Waals surface area (Å²) < 4.78 is 5.23. The summed E-state index contributed by atoms with van der Waals surface area (Å²) in [6.45, 7) is 4.40. The summed E-state index contributed by atoms with van der Waals surface area (Å²) in [5.41, 5.74) is 5.82. The van der Waals surface area contributed by atoms with Crippen molar-refractivity contribution in [2.24, 2.45) is 0 Å². The van der Waals surface area contributed by atoms with Crippen LogP contribution in [0.4, 0.5) is 10.9 Å². The van der Waals surface area contributed by atoms with Crippen LogP contribution < -0.4 is 11.1 Å². The maximum atomic E-state index is 12.3. The van der Waals surface area contributed by atoms with Crippen molar-refractivity contribution < 1.29 is 9.21 Å². The van der Waals surface area contributed by atoms with E-state index in [4.69, 9.17) is 10.2 Å². The second-order valence-electron chi connectivity index (χ2n) is 4.77. The highest BCUT2D eigenvalue weighted by molar-refractivity contribution is 7.18. The smallest absolute Gasteiger partial charge is 0.268 e. The highest BCUT2D eigenvalue weighted by Crippen LogP contribution is 2.27. The van der Waals surface area contributed by atoms with Crippen LogP contribution in [-0.4, -0.2) is 28.9 Å². The molecule has 0 aliphatic carbocycles. The first-order valence-corrected chi connectivity index (χ1v) is 7.09. The summed E-state index contributed by atoms with van der Waals surface area (Å²) >= 11 is 1.27. The zero-order chi connectivity index (χ0) is 14.7. The van der Waals surface area contributed by atoms with Gasteiger partial charge in [0.1, 0.15) is 16.5 Å². The number of amides is 1. The number of hydrogen-bond acceptors (Lipinski definition) is 6. The highest BCUT2D eigenvalue weighted by atomic mass is 32.1. The average molecular weight is 294 g/mol. The minimum Gasteiger partial charge on any atom is -0.467 e. The predicted octanol–water partition coefficient (Wildman–Crippen LogP) is 2.41. The third kappa shape index (κ3) is 3.30. The topological polar surface area (TPSA) is 84.4 Å². The molecule has 0 spiro atoms. The van der Waals surface area contributed by atoms with E-state index in [0.717, 1.165) is 5.76 Å². The Morgan fingerprint density at radius 2 is 2.35 bits per heavy atom. The SMILES string of the molecule is CC(C)Nc1nc(N)c(C(=O)N(C)Cc2ccco2)s1. The van der Waals surface area contributed by atoms with E-state index in [9.17, 15) is 4.79 Å². The Labute approximate surface area is 121 Å². The van der Waals surface area contributed by atoms with Crippen LogP contribution in [0.2, 0.25) is 0 Å². The number of aromatic nitrogens is 1. The molecule has 108 valence electrons. The largest absolute Gasteiger partial charge is 0.467 e. The van der Waals surface area contributed by atoms with Gasteiger partial charge in [0.2, 0.25) is 0 Å². The minimum atomic E-state index is -0.159. The Bertz CT molecular complexity index is 577. The van der Waals surface area contributed by atoms with E-state index in [1.54, 1.807) is 24.3 Å². The van der Waals surface area contributed by atoms with Crippen LogP contribution in [0.15, 0.2) is 22.8 Å². The number of nitrogens with one attached hydrogen (secondary N) is 1. The lowest BCUT2D eigenvalue weighted by Crippen LogP contribution is -2.25. The van der Waals surface area contributed by atoms with Crippen molar-refractivity contribution in [3.63, 3.8) is 0 Å². The Morgan fingerprint density at radius 3 is 2.95 bits per heavy atom. The molecule has 0 unspecified atom stereocenters. The maximum Gasteiger partial charge on any atom is 0.268 e. The first-order chi connectivity index (χ1) is 9.47. The standard InChI is InChI=1S/C13H18N4O2S/c1-8(2)15-13-16-11(14)10(20-13)12(18)17(3)7-9-5-4-6-19-9/h4-6,8H,7,14H2,1-3H3,(H,15,16). The van der Waals surface area contributed by atoms with Crippen molar-refractivity contribution in [2.45, 2.75) is 26.4 Å². The van der Waals surface area contributed by atoms with E-state index in [0.29, 0.717) is 16.6 Å². The molecule has 3 N–H and O–H groups in total. The van der Waals surface area contributed by atoms with Gasteiger partial charge in [0.15, 0.2) is 5.13 Å². The maximum absolute atomic E-state index is 12.3. The van der Waals surface area contributed by atoms with Gasteiger partial charge in [-0.05, 0) is 26.0 Å². The van der Waals surface area contributed by atoms with Gasteiger partial charge in [0.25, 0.3) is 5.91 Å². The predicted molar refractivity (Wildman–Crippen MR) is 79.8 cm³/mol. The summed E-state index contributed by atoms with van der Waals surface area (Å²) in [5.74, 6) is 0.826. The quantitative estimate of drug-likeness (QED) is 0.884. The summed E-state index contributed by atoms with van der Waals surface area (Å²) in [6, 6.07) is 3.86. The van der Waals surface area contributed by atoms with Crippen LogP contribution in [0.25, 0.3) is 0 Å². The van der Waals surface area contributed by atoms with Gasteiger partial charge in [0.05, 0.1) is 12.8 Å². The van der Waals surface area contributed by atoms with Gasteiger partial charge < -0.3 is 20.4 Å². The fraction of sp³-hybridized carbons (Fsp3) is 0.385. The van der Waals surface area contributed by atoms with E-state index in [1.807, 2.05) is 19.9 Å².